The van der Waals surface area contributed by atoms with Crippen LogP contribution in [0.4, 0.5) is 14.6 Å². The van der Waals surface area contributed by atoms with Crippen molar-refractivity contribution in [1.29, 1.82) is 0 Å². The van der Waals surface area contributed by atoms with Crippen LogP contribution in [0.5, 0.6) is 5.75 Å². The number of halogens is 2. The maximum absolute atomic E-state index is 12.6. The molecule has 1 atom stereocenters. The molecule has 3 aromatic rings. The molecular weight excluding hydrogens is 448 g/mol. The second-order valence-corrected chi connectivity index (χ2v) is 7.84. The Morgan fingerprint density at radius 1 is 1.18 bits per heavy atom. The third-order valence-electron chi connectivity index (χ3n) is 5.29. The number of rotatable bonds is 9. The van der Waals surface area contributed by atoms with Crippen molar-refractivity contribution in [3.05, 3.63) is 48.0 Å². The number of nitrogens with one attached hydrogen (secondary N) is 2. The zero-order valence-corrected chi connectivity index (χ0v) is 18.6. The minimum absolute atomic E-state index is 0.0685. The first-order valence-corrected chi connectivity index (χ1v) is 11.0. The molecule has 1 fully saturated rings. The highest BCUT2D eigenvalue weighted by Gasteiger charge is 2.26. The lowest BCUT2D eigenvalue weighted by Gasteiger charge is -2.18. The van der Waals surface area contributed by atoms with E-state index in [4.69, 9.17) is 4.74 Å². The standard InChI is InChI=1S/C22H25F2N7O3/c1-2-9-34-15-3-4-16(25-10-15)21(32)28-14-7-8-30(13-14)20-6-5-19-26-11-17(31(19)29-20)22(33)27-12-18(23)24/h3-6,10-11,14,18H,2,7-9,12-13H2,1H3,(H,27,33)(H,28,32)/t14-/m0/s1. The van der Waals surface area contributed by atoms with Crippen LogP contribution in [-0.2, 0) is 0 Å². The van der Waals surface area contributed by atoms with Crippen molar-refractivity contribution in [3.8, 4) is 5.75 Å². The number of ether oxygens (including phenoxy) is 1. The van der Waals surface area contributed by atoms with E-state index in [-0.39, 0.29) is 17.6 Å². The molecule has 0 aromatic carbocycles. The highest BCUT2D eigenvalue weighted by molar-refractivity contribution is 5.93. The first-order chi connectivity index (χ1) is 16.4. The average Bonchev–Trinajstić information content (AvgIpc) is 3.48. The van der Waals surface area contributed by atoms with Gasteiger partial charge >= 0.3 is 0 Å². The second kappa shape index (κ2) is 10.4. The fraction of sp³-hybridized carbons (Fsp3) is 0.409. The summed E-state index contributed by atoms with van der Waals surface area (Å²) in [4.78, 5) is 35.0. The van der Waals surface area contributed by atoms with Gasteiger partial charge in [0.2, 0.25) is 0 Å². The molecule has 0 spiro atoms. The van der Waals surface area contributed by atoms with Crippen LogP contribution in [0.1, 0.15) is 40.7 Å². The Balaban J connectivity index is 1.39. The summed E-state index contributed by atoms with van der Waals surface area (Å²) in [5.74, 6) is 0.252. The van der Waals surface area contributed by atoms with E-state index < -0.39 is 18.9 Å². The summed E-state index contributed by atoms with van der Waals surface area (Å²) < 4.78 is 31.6. The molecule has 2 N–H and O–H groups in total. The molecule has 0 unspecified atom stereocenters. The second-order valence-electron chi connectivity index (χ2n) is 7.84. The van der Waals surface area contributed by atoms with Gasteiger partial charge in [-0.1, -0.05) is 6.92 Å². The molecule has 0 radical (unpaired) electrons. The lowest BCUT2D eigenvalue weighted by molar-refractivity contribution is 0.0884. The molecule has 0 aliphatic carbocycles. The topological polar surface area (TPSA) is 114 Å². The summed E-state index contributed by atoms with van der Waals surface area (Å²) in [6.45, 7) is 3.01. The summed E-state index contributed by atoms with van der Waals surface area (Å²) in [5, 5.41) is 9.60. The predicted octanol–water partition coefficient (Wildman–Crippen LogP) is 1.92. The van der Waals surface area contributed by atoms with Gasteiger partial charge < -0.3 is 20.3 Å². The Morgan fingerprint density at radius 3 is 2.76 bits per heavy atom. The van der Waals surface area contributed by atoms with Gasteiger partial charge in [0, 0.05) is 19.1 Å². The average molecular weight is 473 g/mol. The Bertz CT molecular complexity index is 1150. The van der Waals surface area contributed by atoms with Crippen LogP contribution in [0.25, 0.3) is 5.65 Å². The van der Waals surface area contributed by atoms with Gasteiger partial charge in [-0.05, 0) is 37.1 Å². The molecule has 1 aliphatic heterocycles. The van der Waals surface area contributed by atoms with Gasteiger partial charge in [-0.3, -0.25) is 9.59 Å². The van der Waals surface area contributed by atoms with Crippen molar-refractivity contribution < 1.29 is 23.1 Å². The van der Waals surface area contributed by atoms with E-state index in [2.05, 4.69) is 25.7 Å². The van der Waals surface area contributed by atoms with Gasteiger partial charge in [0.05, 0.1) is 25.5 Å². The van der Waals surface area contributed by atoms with Crippen molar-refractivity contribution in [3.63, 3.8) is 0 Å². The summed E-state index contributed by atoms with van der Waals surface area (Å²) in [6, 6.07) is 6.70. The third kappa shape index (κ3) is 5.38. The molecule has 2 amide bonds. The normalized spacial score (nSPS) is 15.6. The highest BCUT2D eigenvalue weighted by atomic mass is 19.3. The van der Waals surface area contributed by atoms with Gasteiger partial charge in [-0.15, -0.1) is 5.10 Å². The zero-order chi connectivity index (χ0) is 24.1. The highest BCUT2D eigenvalue weighted by Crippen LogP contribution is 2.20. The first-order valence-electron chi connectivity index (χ1n) is 11.0. The summed E-state index contributed by atoms with van der Waals surface area (Å²) in [7, 11) is 0. The van der Waals surface area contributed by atoms with Crippen LogP contribution >= 0.6 is 0 Å². The fourth-order valence-corrected chi connectivity index (χ4v) is 3.61. The SMILES string of the molecule is CCCOc1ccc(C(=O)N[C@H]2CCN(c3ccc4ncc(C(=O)NCC(F)F)n4n3)C2)nc1. The van der Waals surface area contributed by atoms with E-state index in [1.54, 1.807) is 24.3 Å². The number of pyridine rings is 1. The molecular formula is C22H25F2N7O3. The Kier molecular flexibility index (Phi) is 7.14. The van der Waals surface area contributed by atoms with Crippen LogP contribution in [0, 0.1) is 0 Å². The molecule has 0 saturated carbocycles. The first kappa shape index (κ1) is 23.3. The molecule has 3 aromatic heterocycles. The van der Waals surface area contributed by atoms with Crippen molar-refractivity contribution in [2.45, 2.75) is 32.2 Å². The number of carbonyl (C=O) groups excluding carboxylic acids is 2. The Labute approximate surface area is 194 Å². The Morgan fingerprint density at radius 2 is 2.03 bits per heavy atom. The number of aromatic nitrogens is 4. The Hall–Kier alpha value is -3.83. The maximum atomic E-state index is 12.6. The number of fused-ring (bicyclic) bond motifs is 1. The summed E-state index contributed by atoms with van der Waals surface area (Å²) in [5.41, 5.74) is 0.797. The third-order valence-corrected chi connectivity index (χ3v) is 5.29. The van der Waals surface area contributed by atoms with Crippen molar-refractivity contribution in [2.24, 2.45) is 0 Å². The smallest absolute Gasteiger partial charge is 0.271 e. The maximum Gasteiger partial charge on any atom is 0.271 e. The number of hydrogen-bond acceptors (Lipinski definition) is 7. The molecule has 0 bridgehead atoms. The molecule has 34 heavy (non-hydrogen) atoms. The lowest BCUT2D eigenvalue weighted by atomic mass is 10.2. The summed E-state index contributed by atoms with van der Waals surface area (Å²) >= 11 is 0. The van der Waals surface area contributed by atoms with Crippen LogP contribution in [0.3, 0.4) is 0 Å². The number of nitrogens with zero attached hydrogens (tertiary/aromatic N) is 5. The van der Waals surface area contributed by atoms with Gasteiger partial charge in [0.25, 0.3) is 18.2 Å². The van der Waals surface area contributed by atoms with Gasteiger partial charge in [0.15, 0.2) is 11.3 Å². The van der Waals surface area contributed by atoms with E-state index in [1.165, 1.54) is 16.9 Å². The molecule has 4 heterocycles. The molecule has 4 rings (SSSR count). The number of carbonyl (C=O) groups is 2. The zero-order valence-electron chi connectivity index (χ0n) is 18.6. The van der Waals surface area contributed by atoms with E-state index in [1.807, 2.05) is 11.8 Å². The number of anilines is 1. The van der Waals surface area contributed by atoms with Crippen LogP contribution in [0.2, 0.25) is 0 Å². The number of alkyl halides is 2. The van der Waals surface area contributed by atoms with Crippen LogP contribution < -0.4 is 20.3 Å². The minimum Gasteiger partial charge on any atom is -0.492 e. The monoisotopic (exact) mass is 473 g/mol. The van der Waals surface area contributed by atoms with Crippen molar-refractivity contribution in [1.82, 2.24) is 30.2 Å². The number of hydrogen-bond donors (Lipinski definition) is 2. The fourth-order valence-electron chi connectivity index (χ4n) is 3.61. The number of amides is 2. The quantitative estimate of drug-likeness (QED) is 0.488. The molecule has 1 aliphatic rings. The van der Waals surface area contributed by atoms with Gasteiger partial charge in [0.1, 0.15) is 17.3 Å². The van der Waals surface area contributed by atoms with Crippen molar-refractivity contribution >= 4 is 23.3 Å². The van der Waals surface area contributed by atoms with E-state index >= 15 is 0 Å². The van der Waals surface area contributed by atoms with E-state index in [0.717, 1.165) is 6.42 Å². The minimum atomic E-state index is -2.65. The lowest BCUT2D eigenvalue weighted by Crippen LogP contribution is -2.37. The largest absolute Gasteiger partial charge is 0.492 e. The van der Waals surface area contributed by atoms with Gasteiger partial charge in [-0.25, -0.2) is 23.3 Å². The van der Waals surface area contributed by atoms with Crippen molar-refractivity contribution in [2.75, 3.05) is 31.1 Å². The van der Waals surface area contributed by atoms with E-state index in [0.29, 0.717) is 49.0 Å². The van der Waals surface area contributed by atoms with Crippen LogP contribution in [0.15, 0.2) is 36.7 Å². The molecule has 180 valence electrons. The molecule has 1 saturated heterocycles. The molecule has 12 heteroatoms. The molecule has 10 nitrogen and oxygen atoms in total. The van der Waals surface area contributed by atoms with Gasteiger partial charge in [-0.2, -0.15) is 0 Å². The van der Waals surface area contributed by atoms with E-state index in [9.17, 15) is 18.4 Å². The summed E-state index contributed by atoms with van der Waals surface area (Å²) in [6.07, 6.45) is 1.77. The number of imidazole rings is 1. The predicted molar refractivity (Wildman–Crippen MR) is 119 cm³/mol. The van der Waals surface area contributed by atoms with Crippen LogP contribution in [-0.4, -0.2) is 70.1 Å².